The highest BCUT2D eigenvalue weighted by molar-refractivity contribution is 5.77. The Morgan fingerprint density at radius 1 is 1.35 bits per heavy atom. The van der Waals surface area contributed by atoms with Gasteiger partial charge in [0.2, 0.25) is 0 Å². The Labute approximate surface area is 154 Å². The van der Waals surface area contributed by atoms with Crippen molar-refractivity contribution in [3.63, 3.8) is 0 Å². The van der Waals surface area contributed by atoms with E-state index in [9.17, 15) is 9.90 Å². The number of hydrogen-bond donors (Lipinski definition) is 1. The van der Waals surface area contributed by atoms with Gasteiger partial charge in [-0.15, -0.1) is 0 Å². The number of oxazole rings is 1. The van der Waals surface area contributed by atoms with Gasteiger partial charge in [-0.3, -0.25) is 14.6 Å². The average molecular weight is 363 g/mol. The number of aromatic nitrogens is 1. The van der Waals surface area contributed by atoms with Gasteiger partial charge in [0.15, 0.2) is 5.89 Å². The third-order valence-electron chi connectivity index (χ3n) is 6.29. The maximum atomic E-state index is 12.2. The van der Waals surface area contributed by atoms with E-state index in [0.29, 0.717) is 25.7 Å². The molecule has 0 amide bonds. The minimum atomic E-state index is -0.650. The van der Waals surface area contributed by atoms with Gasteiger partial charge in [0.25, 0.3) is 0 Å². The summed E-state index contributed by atoms with van der Waals surface area (Å²) in [7, 11) is 0. The van der Waals surface area contributed by atoms with Crippen molar-refractivity contribution in [2.24, 2.45) is 11.3 Å². The Balaban J connectivity index is 1.43. The lowest BCUT2D eigenvalue weighted by atomic mass is 9.81. The highest BCUT2D eigenvalue weighted by Crippen LogP contribution is 2.44. The molecule has 1 aromatic heterocycles. The van der Waals surface area contributed by atoms with Crippen LogP contribution in [0.5, 0.6) is 0 Å². The summed E-state index contributed by atoms with van der Waals surface area (Å²) in [4.78, 5) is 21.4. The minimum absolute atomic E-state index is 0.180. The Morgan fingerprint density at radius 3 is 2.73 bits per heavy atom. The van der Waals surface area contributed by atoms with Crippen molar-refractivity contribution in [3.05, 3.63) is 17.8 Å². The molecule has 3 aliphatic rings. The summed E-state index contributed by atoms with van der Waals surface area (Å²) in [5.74, 6) is 0.542. The van der Waals surface area contributed by atoms with Crippen LogP contribution in [0.4, 0.5) is 0 Å². The fraction of sp³-hybridized carbons (Fsp3) is 0.789. The molecule has 144 valence electrons. The second kappa shape index (κ2) is 6.94. The Morgan fingerprint density at radius 2 is 2.12 bits per heavy atom. The standard InChI is InChI=1S/C19H29N3O4/c1-13(2)17-20-15(10-26-17)9-21-7-14-8-22(16-3-5-25-6-4-16)12-19(14,11-21)18(23)24/h10,13-14,16H,3-9,11-12H2,1-2H3,(H,23,24)/t14-,19-/m0/s1. The van der Waals surface area contributed by atoms with Crippen LogP contribution in [-0.2, 0) is 16.1 Å². The number of nitrogens with zero attached hydrogens (tertiary/aromatic N) is 3. The number of carboxylic acids is 1. The summed E-state index contributed by atoms with van der Waals surface area (Å²) < 4.78 is 11.0. The van der Waals surface area contributed by atoms with Gasteiger partial charge < -0.3 is 14.3 Å². The molecule has 3 aliphatic heterocycles. The van der Waals surface area contributed by atoms with Crippen molar-refractivity contribution in [2.45, 2.75) is 45.2 Å². The van der Waals surface area contributed by atoms with E-state index in [0.717, 1.165) is 50.7 Å². The second-order valence-corrected chi connectivity index (χ2v) is 8.43. The van der Waals surface area contributed by atoms with Gasteiger partial charge in [-0.2, -0.15) is 0 Å². The maximum Gasteiger partial charge on any atom is 0.312 e. The van der Waals surface area contributed by atoms with Gasteiger partial charge in [-0.1, -0.05) is 13.8 Å². The second-order valence-electron chi connectivity index (χ2n) is 8.43. The fourth-order valence-corrected chi connectivity index (χ4v) is 4.85. The number of fused-ring (bicyclic) bond motifs is 1. The number of carbonyl (C=O) groups is 1. The largest absolute Gasteiger partial charge is 0.481 e. The Bertz CT molecular complexity index is 655. The van der Waals surface area contributed by atoms with E-state index in [-0.39, 0.29) is 11.8 Å². The molecule has 1 N–H and O–H groups in total. The number of aliphatic carboxylic acids is 1. The summed E-state index contributed by atoms with van der Waals surface area (Å²) >= 11 is 0. The highest BCUT2D eigenvalue weighted by atomic mass is 16.5. The van der Waals surface area contributed by atoms with Crippen molar-refractivity contribution < 1.29 is 19.1 Å². The molecule has 7 heteroatoms. The molecule has 3 fully saturated rings. The first-order chi connectivity index (χ1) is 12.5. The fourth-order valence-electron chi connectivity index (χ4n) is 4.85. The van der Waals surface area contributed by atoms with Crippen LogP contribution in [0.15, 0.2) is 10.7 Å². The Kier molecular flexibility index (Phi) is 4.79. The van der Waals surface area contributed by atoms with Gasteiger partial charge in [0, 0.05) is 63.8 Å². The molecular formula is C19H29N3O4. The van der Waals surface area contributed by atoms with Crippen LogP contribution in [0, 0.1) is 11.3 Å². The van der Waals surface area contributed by atoms with Gasteiger partial charge in [0.05, 0.1) is 11.1 Å². The third kappa shape index (κ3) is 3.17. The lowest BCUT2D eigenvalue weighted by molar-refractivity contribution is -0.149. The highest BCUT2D eigenvalue weighted by Gasteiger charge is 2.58. The molecule has 2 atom stereocenters. The first kappa shape index (κ1) is 17.9. The van der Waals surface area contributed by atoms with Gasteiger partial charge >= 0.3 is 5.97 Å². The number of carboxylic acid groups (broad SMARTS) is 1. The normalized spacial score (nSPS) is 31.0. The van der Waals surface area contributed by atoms with Crippen molar-refractivity contribution in [3.8, 4) is 0 Å². The zero-order valence-electron chi connectivity index (χ0n) is 15.7. The molecule has 0 bridgehead atoms. The van der Waals surface area contributed by atoms with Crippen molar-refractivity contribution in [1.29, 1.82) is 0 Å². The first-order valence-corrected chi connectivity index (χ1v) is 9.70. The maximum absolute atomic E-state index is 12.2. The van der Waals surface area contributed by atoms with E-state index in [2.05, 4.69) is 28.6 Å². The van der Waals surface area contributed by atoms with Crippen molar-refractivity contribution in [2.75, 3.05) is 39.4 Å². The zero-order chi connectivity index (χ0) is 18.3. The number of rotatable bonds is 5. The molecule has 3 saturated heterocycles. The molecule has 0 saturated carbocycles. The molecule has 26 heavy (non-hydrogen) atoms. The number of ether oxygens (including phenoxy) is 1. The summed E-state index contributed by atoms with van der Waals surface area (Å²) in [6, 6.07) is 0.475. The van der Waals surface area contributed by atoms with E-state index in [4.69, 9.17) is 9.15 Å². The summed E-state index contributed by atoms with van der Waals surface area (Å²) in [6.07, 6.45) is 3.75. The van der Waals surface area contributed by atoms with Gasteiger partial charge in [-0.25, -0.2) is 4.98 Å². The smallest absolute Gasteiger partial charge is 0.312 e. The van der Waals surface area contributed by atoms with E-state index in [1.54, 1.807) is 6.26 Å². The molecule has 0 aliphatic carbocycles. The molecular weight excluding hydrogens is 334 g/mol. The quantitative estimate of drug-likeness (QED) is 0.854. The van der Waals surface area contributed by atoms with Crippen LogP contribution in [0.3, 0.4) is 0 Å². The minimum Gasteiger partial charge on any atom is -0.481 e. The Hall–Kier alpha value is -1.44. The third-order valence-corrected chi connectivity index (χ3v) is 6.29. The average Bonchev–Trinajstić information content (AvgIpc) is 3.29. The number of hydrogen-bond acceptors (Lipinski definition) is 6. The molecule has 0 radical (unpaired) electrons. The number of likely N-dealkylation sites (tertiary alicyclic amines) is 2. The topological polar surface area (TPSA) is 79.0 Å². The van der Waals surface area contributed by atoms with E-state index in [1.165, 1.54) is 0 Å². The lowest BCUT2D eigenvalue weighted by Crippen LogP contribution is -2.44. The molecule has 1 aromatic rings. The van der Waals surface area contributed by atoms with Crippen LogP contribution in [0.1, 0.15) is 44.2 Å². The van der Waals surface area contributed by atoms with Crippen molar-refractivity contribution in [1.82, 2.24) is 14.8 Å². The van der Waals surface area contributed by atoms with Gasteiger partial charge in [-0.05, 0) is 12.8 Å². The monoisotopic (exact) mass is 363 g/mol. The summed E-state index contributed by atoms with van der Waals surface area (Å²) in [5, 5.41) is 10.0. The molecule has 0 aromatic carbocycles. The molecule has 4 rings (SSSR count). The van der Waals surface area contributed by atoms with Crippen molar-refractivity contribution >= 4 is 5.97 Å². The van der Waals surface area contributed by atoms with E-state index < -0.39 is 11.4 Å². The van der Waals surface area contributed by atoms with E-state index >= 15 is 0 Å². The van der Waals surface area contributed by atoms with Crippen LogP contribution in [-0.4, -0.2) is 71.3 Å². The van der Waals surface area contributed by atoms with E-state index in [1.807, 2.05) is 0 Å². The van der Waals surface area contributed by atoms with Crippen LogP contribution < -0.4 is 0 Å². The lowest BCUT2D eigenvalue weighted by Gasteiger charge is -2.33. The van der Waals surface area contributed by atoms with Gasteiger partial charge in [0.1, 0.15) is 6.26 Å². The van der Waals surface area contributed by atoms with Crippen LogP contribution in [0.25, 0.3) is 0 Å². The zero-order valence-corrected chi connectivity index (χ0v) is 15.7. The first-order valence-electron chi connectivity index (χ1n) is 9.70. The predicted molar refractivity (Wildman–Crippen MR) is 94.8 cm³/mol. The molecule has 4 heterocycles. The molecule has 7 nitrogen and oxygen atoms in total. The van der Waals surface area contributed by atoms with Crippen LogP contribution >= 0.6 is 0 Å². The molecule has 0 spiro atoms. The van der Waals surface area contributed by atoms with Crippen LogP contribution in [0.2, 0.25) is 0 Å². The molecule has 0 unspecified atom stereocenters. The SMILES string of the molecule is CC(C)c1nc(CN2C[C@H]3CN(C4CCOCC4)C[C@@]3(C(=O)O)C2)co1. The predicted octanol–water partition coefficient (Wildman–Crippen LogP) is 1.80. The summed E-state index contributed by atoms with van der Waals surface area (Å²) in [6.45, 7) is 9.31. The summed E-state index contributed by atoms with van der Waals surface area (Å²) in [5.41, 5.74) is 0.249.